The van der Waals surface area contributed by atoms with Gasteiger partial charge in [0.25, 0.3) is 0 Å². The molecule has 0 aliphatic heterocycles. The van der Waals surface area contributed by atoms with Crippen molar-refractivity contribution in [3.05, 3.63) is 95.6 Å². The molecule has 0 radical (unpaired) electrons. The lowest BCUT2D eigenvalue weighted by atomic mass is 9.84. The van der Waals surface area contributed by atoms with E-state index in [2.05, 4.69) is 15.3 Å². The van der Waals surface area contributed by atoms with Crippen LogP contribution in [0.4, 0.5) is 0 Å². The van der Waals surface area contributed by atoms with E-state index in [1.54, 1.807) is 19.4 Å². The molecule has 3 aromatic rings. The average Bonchev–Trinajstić information content (AvgIpc) is 2.68. The predicted molar refractivity (Wildman–Crippen MR) is 97.8 cm³/mol. The first-order valence-corrected chi connectivity index (χ1v) is 7.95. The molecule has 5 heteroatoms. The Kier molecular flexibility index (Phi) is 4.64. The van der Waals surface area contributed by atoms with Crippen LogP contribution in [0.15, 0.2) is 73.1 Å². The third kappa shape index (κ3) is 2.91. The monoisotopic (exact) mass is 335 g/mol. The Hall–Kier alpha value is -2.63. The van der Waals surface area contributed by atoms with Crippen LogP contribution in [0.2, 0.25) is 0 Å². The zero-order chi connectivity index (χ0) is 17.0. The van der Waals surface area contributed by atoms with E-state index in [0.717, 1.165) is 11.1 Å². The fourth-order valence-electron chi connectivity index (χ4n) is 2.58. The molecule has 0 saturated carbocycles. The van der Waals surface area contributed by atoms with E-state index in [0.29, 0.717) is 16.4 Å². The lowest BCUT2D eigenvalue weighted by molar-refractivity contribution is 0.120. The standard InChI is InChI=1S/C19H17N3OS/c1-20-18(24)16-12-22-17(13-21-16)19(23,14-8-4-2-5-9-14)15-10-6-3-7-11-15/h2-13,23H,1H3,(H,20,24). The predicted octanol–water partition coefficient (Wildman–Crippen LogP) is 2.66. The second-order valence-electron chi connectivity index (χ2n) is 5.31. The normalized spacial score (nSPS) is 11.1. The minimum Gasteiger partial charge on any atom is -0.378 e. The highest BCUT2D eigenvalue weighted by atomic mass is 32.1. The molecule has 0 bridgehead atoms. The first-order chi connectivity index (χ1) is 11.7. The van der Waals surface area contributed by atoms with E-state index in [1.165, 1.54) is 0 Å². The smallest absolute Gasteiger partial charge is 0.158 e. The van der Waals surface area contributed by atoms with E-state index >= 15 is 0 Å². The number of benzene rings is 2. The van der Waals surface area contributed by atoms with Crippen molar-refractivity contribution < 1.29 is 5.11 Å². The molecule has 0 aliphatic carbocycles. The summed E-state index contributed by atoms with van der Waals surface area (Å²) in [7, 11) is 1.74. The summed E-state index contributed by atoms with van der Waals surface area (Å²) in [4.78, 5) is 9.28. The van der Waals surface area contributed by atoms with Crippen LogP contribution in [-0.4, -0.2) is 27.1 Å². The largest absolute Gasteiger partial charge is 0.378 e. The van der Waals surface area contributed by atoms with E-state index in [9.17, 15) is 5.11 Å². The van der Waals surface area contributed by atoms with Gasteiger partial charge in [0.1, 0.15) is 10.7 Å². The quantitative estimate of drug-likeness (QED) is 0.718. The van der Waals surface area contributed by atoms with Gasteiger partial charge >= 0.3 is 0 Å². The number of rotatable bonds is 4. The third-order valence-electron chi connectivity index (χ3n) is 3.87. The highest BCUT2D eigenvalue weighted by Gasteiger charge is 2.35. The second kappa shape index (κ2) is 6.86. The van der Waals surface area contributed by atoms with Gasteiger partial charge in [0.2, 0.25) is 0 Å². The van der Waals surface area contributed by atoms with E-state index < -0.39 is 5.60 Å². The Morgan fingerprint density at radius 3 is 1.88 bits per heavy atom. The van der Waals surface area contributed by atoms with E-state index in [-0.39, 0.29) is 0 Å². The number of aliphatic hydroxyl groups is 1. The number of hydrogen-bond donors (Lipinski definition) is 2. The SMILES string of the molecule is CNC(=S)c1cnc(C(O)(c2ccccc2)c2ccccc2)cn1. The molecule has 2 aromatic carbocycles. The molecule has 0 amide bonds. The van der Waals surface area contributed by atoms with Crippen LogP contribution in [0.25, 0.3) is 0 Å². The van der Waals surface area contributed by atoms with Crippen molar-refractivity contribution >= 4 is 17.2 Å². The minimum atomic E-state index is -1.38. The van der Waals surface area contributed by atoms with Crippen molar-refractivity contribution in [2.24, 2.45) is 0 Å². The molecule has 0 spiro atoms. The van der Waals surface area contributed by atoms with Gasteiger partial charge in [-0.3, -0.25) is 9.97 Å². The zero-order valence-corrected chi connectivity index (χ0v) is 14.0. The summed E-state index contributed by atoms with van der Waals surface area (Å²) < 4.78 is 0. The number of nitrogens with one attached hydrogen (secondary N) is 1. The van der Waals surface area contributed by atoms with Gasteiger partial charge in [0.15, 0.2) is 5.60 Å². The van der Waals surface area contributed by atoms with Crippen LogP contribution in [0.3, 0.4) is 0 Å². The minimum absolute atomic E-state index is 0.447. The molecule has 0 saturated heterocycles. The van der Waals surface area contributed by atoms with Crippen molar-refractivity contribution in [2.75, 3.05) is 7.05 Å². The average molecular weight is 335 g/mol. The molecular formula is C19H17N3OS. The molecule has 3 rings (SSSR count). The van der Waals surface area contributed by atoms with Crippen molar-refractivity contribution in [2.45, 2.75) is 5.60 Å². The van der Waals surface area contributed by atoms with Crippen LogP contribution >= 0.6 is 12.2 Å². The van der Waals surface area contributed by atoms with Crippen molar-refractivity contribution in [3.63, 3.8) is 0 Å². The summed E-state index contributed by atoms with van der Waals surface area (Å²) in [6, 6.07) is 18.9. The van der Waals surface area contributed by atoms with Gasteiger partial charge in [-0.05, 0) is 11.1 Å². The Balaban J connectivity index is 2.14. The summed E-state index contributed by atoms with van der Waals surface area (Å²) in [5.41, 5.74) is 1.10. The maximum Gasteiger partial charge on any atom is 0.158 e. The number of aromatic nitrogens is 2. The fourth-order valence-corrected chi connectivity index (χ4v) is 2.69. The van der Waals surface area contributed by atoms with Gasteiger partial charge in [0, 0.05) is 7.05 Å². The van der Waals surface area contributed by atoms with Crippen LogP contribution in [0.1, 0.15) is 22.5 Å². The van der Waals surface area contributed by atoms with Gasteiger partial charge in [-0.2, -0.15) is 0 Å². The molecule has 24 heavy (non-hydrogen) atoms. The van der Waals surface area contributed by atoms with Crippen LogP contribution < -0.4 is 5.32 Å². The topological polar surface area (TPSA) is 58.0 Å². The number of thiocarbonyl (C=S) groups is 1. The Bertz CT molecular complexity index is 781. The van der Waals surface area contributed by atoms with Crippen LogP contribution in [-0.2, 0) is 5.60 Å². The van der Waals surface area contributed by atoms with Gasteiger partial charge < -0.3 is 10.4 Å². The van der Waals surface area contributed by atoms with E-state index in [4.69, 9.17) is 12.2 Å². The summed E-state index contributed by atoms with van der Waals surface area (Å²) >= 11 is 5.17. The molecule has 120 valence electrons. The third-order valence-corrected chi connectivity index (χ3v) is 4.28. The lowest BCUT2D eigenvalue weighted by Gasteiger charge is -2.28. The van der Waals surface area contributed by atoms with Crippen LogP contribution in [0, 0.1) is 0 Å². The molecule has 4 nitrogen and oxygen atoms in total. The molecule has 0 unspecified atom stereocenters. The number of hydrogen-bond acceptors (Lipinski definition) is 4. The van der Waals surface area contributed by atoms with Crippen molar-refractivity contribution in [1.29, 1.82) is 0 Å². The maximum absolute atomic E-state index is 11.6. The Morgan fingerprint density at radius 2 is 1.46 bits per heavy atom. The molecule has 0 aliphatic rings. The fraction of sp³-hybridized carbons (Fsp3) is 0.105. The molecule has 2 N–H and O–H groups in total. The van der Waals surface area contributed by atoms with Gasteiger partial charge in [-0.15, -0.1) is 0 Å². The molecular weight excluding hydrogens is 318 g/mol. The lowest BCUT2D eigenvalue weighted by Crippen LogP contribution is -2.30. The molecule has 1 aromatic heterocycles. The molecule has 0 atom stereocenters. The molecule has 1 heterocycles. The maximum atomic E-state index is 11.6. The Labute approximate surface area is 146 Å². The van der Waals surface area contributed by atoms with E-state index in [1.807, 2.05) is 60.7 Å². The summed E-state index contributed by atoms with van der Waals surface area (Å²) in [6.07, 6.45) is 3.14. The van der Waals surface area contributed by atoms with Gasteiger partial charge in [-0.1, -0.05) is 72.9 Å². The number of nitrogens with zero attached hydrogens (tertiary/aromatic N) is 2. The summed E-state index contributed by atoms with van der Waals surface area (Å²) in [5.74, 6) is 0. The summed E-state index contributed by atoms with van der Waals surface area (Å²) in [5, 5.41) is 14.4. The van der Waals surface area contributed by atoms with Crippen molar-refractivity contribution in [3.8, 4) is 0 Å². The van der Waals surface area contributed by atoms with Crippen molar-refractivity contribution in [1.82, 2.24) is 15.3 Å². The van der Waals surface area contributed by atoms with Gasteiger partial charge in [-0.25, -0.2) is 0 Å². The first kappa shape index (κ1) is 16.2. The highest BCUT2D eigenvalue weighted by molar-refractivity contribution is 7.80. The zero-order valence-electron chi connectivity index (χ0n) is 13.2. The first-order valence-electron chi connectivity index (χ1n) is 7.54. The highest BCUT2D eigenvalue weighted by Crippen LogP contribution is 2.34. The molecule has 0 fully saturated rings. The Morgan fingerprint density at radius 1 is 0.917 bits per heavy atom. The second-order valence-corrected chi connectivity index (χ2v) is 5.72. The van der Waals surface area contributed by atoms with Gasteiger partial charge in [0.05, 0.1) is 18.1 Å². The summed E-state index contributed by atoms with van der Waals surface area (Å²) in [6.45, 7) is 0. The van der Waals surface area contributed by atoms with Crippen LogP contribution in [0.5, 0.6) is 0 Å².